The Morgan fingerprint density at radius 1 is 0.897 bits per heavy atom. The number of aromatic carboxylic acids is 1. The van der Waals surface area contributed by atoms with E-state index in [-0.39, 0.29) is 5.69 Å². The zero-order chi connectivity index (χ0) is 26.6. The second-order valence-corrected chi connectivity index (χ2v) is 9.68. The summed E-state index contributed by atoms with van der Waals surface area (Å²) in [5, 5.41) is 16.7. The molecular weight excluding hydrogens is 490 g/mol. The molecule has 1 aliphatic rings. The Balaban J connectivity index is 1.23. The van der Waals surface area contributed by atoms with Crippen LogP contribution in [0, 0.1) is 0 Å². The van der Waals surface area contributed by atoms with Gasteiger partial charge in [0.2, 0.25) is 0 Å². The molecule has 1 saturated heterocycles. The molecule has 4 aromatic carbocycles. The van der Waals surface area contributed by atoms with Gasteiger partial charge in [0.25, 0.3) is 0 Å². The number of aromatic amines is 1. The van der Waals surface area contributed by atoms with Crippen LogP contribution in [0.25, 0.3) is 21.7 Å². The van der Waals surface area contributed by atoms with E-state index in [4.69, 9.17) is 9.47 Å². The lowest BCUT2D eigenvalue weighted by Crippen LogP contribution is -2.36. The van der Waals surface area contributed by atoms with Crippen LogP contribution in [0.5, 0.6) is 5.75 Å². The predicted molar refractivity (Wildman–Crippen MR) is 156 cm³/mol. The first-order valence-electron chi connectivity index (χ1n) is 13.4. The first kappa shape index (κ1) is 24.8. The highest BCUT2D eigenvalue weighted by molar-refractivity contribution is 6.03. The van der Waals surface area contributed by atoms with E-state index in [1.54, 1.807) is 0 Å². The van der Waals surface area contributed by atoms with Crippen molar-refractivity contribution >= 4 is 44.7 Å². The lowest BCUT2D eigenvalue weighted by Gasteiger charge is -2.30. The summed E-state index contributed by atoms with van der Waals surface area (Å²) < 4.78 is 11.6. The van der Waals surface area contributed by atoms with Gasteiger partial charge >= 0.3 is 5.97 Å². The highest BCUT2D eigenvalue weighted by atomic mass is 16.5. The summed E-state index contributed by atoms with van der Waals surface area (Å²) in [5.41, 5.74) is 4.73. The van der Waals surface area contributed by atoms with Gasteiger partial charge in [-0.2, -0.15) is 0 Å². The van der Waals surface area contributed by atoms with Gasteiger partial charge in [0.1, 0.15) is 11.4 Å². The third-order valence-electron chi connectivity index (χ3n) is 7.26. The molecule has 0 spiro atoms. The third kappa shape index (κ3) is 5.13. The quantitative estimate of drug-likeness (QED) is 0.189. The number of fused-ring (bicyclic) bond motifs is 2. The Morgan fingerprint density at radius 2 is 1.62 bits per heavy atom. The van der Waals surface area contributed by atoms with E-state index in [2.05, 4.69) is 45.5 Å². The van der Waals surface area contributed by atoms with Gasteiger partial charge in [0, 0.05) is 23.9 Å². The maximum Gasteiger partial charge on any atom is 0.352 e. The molecular formula is C32H31N3O4. The SMILES string of the molecule is O=C(O)c1[nH]c2c(Nc3ccccc3N3CCOCC3)cccc2c1CCCOc1cccc2ccccc12. The fraction of sp³-hybridized carbons (Fsp3) is 0.219. The van der Waals surface area contributed by atoms with Gasteiger partial charge in [-0.1, -0.05) is 60.7 Å². The number of aromatic nitrogens is 1. The summed E-state index contributed by atoms with van der Waals surface area (Å²) in [4.78, 5) is 17.7. The van der Waals surface area contributed by atoms with Crippen molar-refractivity contribution in [3.63, 3.8) is 0 Å². The average molecular weight is 522 g/mol. The number of aryl methyl sites for hydroxylation is 1. The summed E-state index contributed by atoms with van der Waals surface area (Å²) in [6.45, 7) is 3.57. The number of carboxylic acid groups (broad SMARTS) is 1. The average Bonchev–Trinajstić information content (AvgIpc) is 3.36. The fourth-order valence-corrected chi connectivity index (χ4v) is 5.38. The highest BCUT2D eigenvalue weighted by Crippen LogP contribution is 2.35. The van der Waals surface area contributed by atoms with E-state index in [0.29, 0.717) is 32.7 Å². The maximum absolute atomic E-state index is 12.2. The molecule has 7 nitrogen and oxygen atoms in total. The Bertz CT molecular complexity index is 1620. The molecule has 0 amide bonds. The van der Waals surface area contributed by atoms with Crippen LogP contribution in [0.15, 0.2) is 84.9 Å². The molecule has 0 unspecified atom stereocenters. The van der Waals surface area contributed by atoms with E-state index in [0.717, 1.165) is 63.1 Å². The van der Waals surface area contributed by atoms with Crippen molar-refractivity contribution in [1.29, 1.82) is 0 Å². The Labute approximate surface area is 227 Å². The second kappa shape index (κ2) is 11.1. The van der Waals surface area contributed by atoms with Crippen LogP contribution >= 0.6 is 0 Å². The van der Waals surface area contributed by atoms with Gasteiger partial charge in [-0.25, -0.2) is 4.79 Å². The Morgan fingerprint density at radius 3 is 2.49 bits per heavy atom. The third-order valence-corrected chi connectivity index (χ3v) is 7.26. The van der Waals surface area contributed by atoms with E-state index in [9.17, 15) is 9.90 Å². The topological polar surface area (TPSA) is 86.8 Å². The smallest absolute Gasteiger partial charge is 0.352 e. The number of carboxylic acids is 1. The number of ether oxygens (including phenoxy) is 2. The molecule has 1 aliphatic heterocycles. The van der Waals surface area contributed by atoms with Crippen LogP contribution in [0.3, 0.4) is 0 Å². The van der Waals surface area contributed by atoms with Crippen LogP contribution in [0.2, 0.25) is 0 Å². The minimum absolute atomic E-state index is 0.228. The normalized spacial score (nSPS) is 13.6. The van der Waals surface area contributed by atoms with Crippen LogP contribution in [-0.2, 0) is 11.2 Å². The lowest BCUT2D eigenvalue weighted by atomic mass is 10.0. The maximum atomic E-state index is 12.2. The summed E-state index contributed by atoms with van der Waals surface area (Å²) in [6, 6.07) is 28.3. The standard InChI is InChI=1S/C32H31N3O4/c36-32(37)31-25(12-7-19-39-29-16-5-9-22-8-1-2-10-23(22)29)24-11-6-14-27(30(24)34-31)33-26-13-3-4-15-28(26)35-17-20-38-21-18-35/h1-6,8-11,13-16,33-34H,7,12,17-21H2,(H,36,37). The van der Waals surface area contributed by atoms with Crippen molar-refractivity contribution in [1.82, 2.24) is 4.98 Å². The number of morpholine rings is 1. The number of anilines is 3. The second-order valence-electron chi connectivity index (χ2n) is 9.68. The van der Waals surface area contributed by atoms with Crippen LogP contribution in [0.4, 0.5) is 17.1 Å². The molecule has 1 aromatic heterocycles. The predicted octanol–water partition coefficient (Wildman–Crippen LogP) is 6.61. The van der Waals surface area contributed by atoms with Crippen molar-refractivity contribution in [2.75, 3.05) is 43.1 Å². The molecule has 0 radical (unpaired) electrons. The molecule has 39 heavy (non-hydrogen) atoms. The summed E-state index contributed by atoms with van der Waals surface area (Å²) in [7, 11) is 0. The number of rotatable bonds is 9. The van der Waals surface area contributed by atoms with Gasteiger partial charge in [-0.15, -0.1) is 0 Å². The highest BCUT2D eigenvalue weighted by Gasteiger charge is 2.20. The van der Waals surface area contributed by atoms with Crippen molar-refractivity contribution in [2.45, 2.75) is 12.8 Å². The van der Waals surface area contributed by atoms with Crippen LogP contribution < -0.4 is 15.0 Å². The fourth-order valence-electron chi connectivity index (χ4n) is 5.38. The number of H-pyrrole nitrogens is 1. The molecule has 0 atom stereocenters. The Hall–Kier alpha value is -4.49. The number of carbonyl (C=O) groups is 1. The zero-order valence-corrected chi connectivity index (χ0v) is 21.7. The first-order chi connectivity index (χ1) is 19.2. The van der Waals surface area contributed by atoms with Crippen molar-refractivity contribution < 1.29 is 19.4 Å². The molecule has 5 aromatic rings. The summed E-state index contributed by atoms with van der Waals surface area (Å²) >= 11 is 0. The molecule has 3 N–H and O–H groups in total. The van der Waals surface area contributed by atoms with Gasteiger partial charge in [-0.3, -0.25) is 0 Å². The van der Waals surface area contributed by atoms with Crippen molar-refractivity contribution in [3.8, 4) is 5.75 Å². The summed E-state index contributed by atoms with van der Waals surface area (Å²) in [6.07, 6.45) is 1.27. The van der Waals surface area contributed by atoms with Gasteiger partial charge in [0.05, 0.1) is 42.4 Å². The number of benzene rings is 4. The minimum Gasteiger partial charge on any atom is -0.493 e. The molecule has 6 rings (SSSR count). The van der Waals surface area contributed by atoms with Crippen LogP contribution in [0.1, 0.15) is 22.5 Å². The molecule has 7 heteroatoms. The molecule has 0 bridgehead atoms. The van der Waals surface area contributed by atoms with Crippen molar-refractivity contribution in [3.05, 3.63) is 96.2 Å². The zero-order valence-electron chi connectivity index (χ0n) is 21.7. The number of nitrogens with one attached hydrogen (secondary N) is 2. The number of hydrogen-bond acceptors (Lipinski definition) is 5. The molecule has 198 valence electrons. The number of hydrogen-bond donors (Lipinski definition) is 3. The van der Waals surface area contributed by atoms with E-state index < -0.39 is 5.97 Å². The molecule has 0 aliphatic carbocycles. The lowest BCUT2D eigenvalue weighted by molar-refractivity contribution is 0.0690. The monoisotopic (exact) mass is 521 g/mol. The summed E-state index contributed by atoms with van der Waals surface area (Å²) in [5.74, 6) is -0.119. The van der Waals surface area contributed by atoms with E-state index in [1.807, 2.05) is 54.6 Å². The van der Waals surface area contributed by atoms with Crippen LogP contribution in [-0.4, -0.2) is 49.0 Å². The van der Waals surface area contributed by atoms with E-state index >= 15 is 0 Å². The number of para-hydroxylation sites is 3. The largest absolute Gasteiger partial charge is 0.493 e. The van der Waals surface area contributed by atoms with Gasteiger partial charge in [-0.05, 0) is 48.1 Å². The van der Waals surface area contributed by atoms with Gasteiger partial charge < -0.3 is 29.8 Å². The van der Waals surface area contributed by atoms with E-state index in [1.165, 1.54) is 0 Å². The molecule has 1 fully saturated rings. The van der Waals surface area contributed by atoms with Gasteiger partial charge in [0.15, 0.2) is 0 Å². The number of nitrogens with zero attached hydrogens (tertiary/aromatic N) is 1. The molecule has 2 heterocycles. The minimum atomic E-state index is -0.962. The Kier molecular flexibility index (Phi) is 7.06. The molecule has 0 saturated carbocycles. The first-order valence-corrected chi connectivity index (χ1v) is 13.4. The van der Waals surface area contributed by atoms with Crippen molar-refractivity contribution in [2.24, 2.45) is 0 Å².